The van der Waals surface area contributed by atoms with Gasteiger partial charge in [0.2, 0.25) is 0 Å². The maximum atomic E-state index is 12.4. The van der Waals surface area contributed by atoms with Crippen molar-refractivity contribution in [3.05, 3.63) is 76.9 Å². The summed E-state index contributed by atoms with van der Waals surface area (Å²) < 4.78 is 0. The van der Waals surface area contributed by atoms with Gasteiger partial charge in [0.05, 0.1) is 5.52 Å². The largest absolute Gasteiger partial charge is 0.299 e. The minimum atomic E-state index is 0.115. The molecule has 0 bridgehead atoms. The number of carbonyl (C=O) groups is 1. The Morgan fingerprint density at radius 2 is 1.87 bits per heavy atom. The zero-order valence-electron chi connectivity index (χ0n) is 13.0. The summed E-state index contributed by atoms with van der Waals surface area (Å²) in [5.74, 6) is 0.319. The van der Waals surface area contributed by atoms with Gasteiger partial charge in [-0.15, -0.1) is 0 Å². The molecule has 3 heteroatoms. The molecule has 1 atom stereocenters. The molecule has 0 saturated heterocycles. The first-order chi connectivity index (χ1) is 11.1. The molecule has 0 aliphatic carbocycles. The number of hydrogen-bond donors (Lipinski definition) is 0. The van der Waals surface area contributed by atoms with Crippen molar-refractivity contribution in [3.63, 3.8) is 0 Å². The summed E-state index contributed by atoms with van der Waals surface area (Å²) in [5, 5.41) is 1.79. The summed E-state index contributed by atoms with van der Waals surface area (Å²) in [7, 11) is 0. The highest BCUT2D eigenvalue weighted by molar-refractivity contribution is 6.31. The van der Waals surface area contributed by atoms with E-state index in [1.807, 2.05) is 61.5 Å². The van der Waals surface area contributed by atoms with E-state index in [0.29, 0.717) is 12.8 Å². The molecule has 23 heavy (non-hydrogen) atoms. The number of nitrogens with zero attached hydrogens (tertiary/aromatic N) is 1. The summed E-state index contributed by atoms with van der Waals surface area (Å²) in [6, 6.07) is 17.7. The van der Waals surface area contributed by atoms with Gasteiger partial charge in [-0.1, -0.05) is 54.9 Å². The van der Waals surface area contributed by atoms with Crippen molar-refractivity contribution in [3.8, 4) is 0 Å². The van der Waals surface area contributed by atoms with Crippen LogP contribution in [0.15, 0.2) is 60.8 Å². The lowest BCUT2D eigenvalue weighted by Gasteiger charge is -2.12. The van der Waals surface area contributed by atoms with Crippen LogP contribution in [0.2, 0.25) is 5.02 Å². The van der Waals surface area contributed by atoms with Gasteiger partial charge in [-0.25, -0.2) is 0 Å². The molecule has 0 spiro atoms. The lowest BCUT2D eigenvalue weighted by atomic mass is 9.93. The van der Waals surface area contributed by atoms with Gasteiger partial charge in [0.25, 0.3) is 0 Å². The molecular weight excluding hydrogens is 306 g/mol. The molecule has 0 saturated carbocycles. The molecule has 0 N–H and O–H groups in total. The fourth-order valence-corrected chi connectivity index (χ4v) is 3.16. The summed E-state index contributed by atoms with van der Waals surface area (Å²) in [6.07, 6.45) is 2.68. The molecule has 0 amide bonds. The molecule has 0 fully saturated rings. The summed E-state index contributed by atoms with van der Waals surface area (Å²) in [6.45, 7) is 2.04. The van der Waals surface area contributed by atoms with Crippen molar-refractivity contribution in [1.82, 2.24) is 4.98 Å². The molecule has 1 heterocycles. The lowest BCUT2D eigenvalue weighted by molar-refractivity contribution is -0.118. The number of fused-ring (bicyclic) bond motifs is 1. The highest BCUT2D eigenvalue weighted by Crippen LogP contribution is 2.27. The average Bonchev–Trinajstić information content (AvgIpc) is 2.55. The van der Waals surface area contributed by atoms with Crippen molar-refractivity contribution in [2.75, 3.05) is 0 Å². The van der Waals surface area contributed by atoms with Crippen LogP contribution in [0.25, 0.3) is 10.9 Å². The van der Waals surface area contributed by atoms with Gasteiger partial charge in [-0.2, -0.15) is 0 Å². The van der Waals surface area contributed by atoms with E-state index in [-0.39, 0.29) is 11.7 Å². The van der Waals surface area contributed by atoms with Crippen LogP contribution in [-0.4, -0.2) is 10.8 Å². The maximum absolute atomic E-state index is 12.4. The van der Waals surface area contributed by atoms with Gasteiger partial charge < -0.3 is 0 Å². The first-order valence-corrected chi connectivity index (χ1v) is 8.11. The molecule has 3 aromatic rings. The predicted molar refractivity (Wildman–Crippen MR) is 94.9 cm³/mol. The molecule has 0 radical (unpaired) electrons. The first-order valence-electron chi connectivity index (χ1n) is 7.73. The minimum Gasteiger partial charge on any atom is -0.299 e. The quantitative estimate of drug-likeness (QED) is 0.646. The van der Waals surface area contributed by atoms with Crippen LogP contribution in [0.3, 0.4) is 0 Å². The number of hydrogen-bond acceptors (Lipinski definition) is 2. The summed E-state index contributed by atoms with van der Waals surface area (Å²) in [4.78, 5) is 16.8. The number of rotatable bonds is 5. The third-order valence-corrected chi connectivity index (χ3v) is 4.36. The van der Waals surface area contributed by atoms with Crippen LogP contribution in [0, 0.1) is 0 Å². The number of Topliss-reactive ketones (excluding diaryl/α,β-unsaturated/α-hetero) is 1. The number of benzene rings is 2. The van der Waals surface area contributed by atoms with Crippen molar-refractivity contribution in [1.29, 1.82) is 0 Å². The van der Waals surface area contributed by atoms with Gasteiger partial charge in [-0.3, -0.25) is 9.78 Å². The summed E-state index contributed by atoms with van der Waals surface area (Å²) >= 11 is 6.21. The SMILES string of the molecule is CC(CC(=O)Cc1cnc2ccccc2c1)c1ccccc1Cl. The van der Waals surface area contributed by atoms with Crippen LogP contribution in [0.5, 0.6) is 0 Å². The predicted octanol–water partition coefficient (Wildman–Crippen LogP) is 5.19. The van der Waals surface area contributed by atoms with Gasteiger partial charge in [-0.05, 0) is 35.2 Å². The van der Waals surface area contributed by atoms with Crippen LogP contribution in [0.4, 0.5) is 0 Å². The van der Waals surface area contributed by atoms with Gasteiger partial charge in [0, 0.05) is 29.4 Å². The molecule has 0 aliphatic heterocycles. The molecule has 2 nitrogen and oxygen atoms in total. The second kappa shape index (κ2) is 6.93. The summed E-state index contributed by atoms with van der Waals surface area (Å²) in [5.41, 5.74) is 2.94. The highest BCUT2D eigenvalue weighted by atomic mass is 35.5. The first kappa shape index (κ1) is 15.7. The van der Waals surface area contributed by atoms with Gasteiger partial charge in [0.1, 0.15) is 5.78 Å². The number of para-hydroxylation sites is 1. The van der Waals surface area contributed by atoms with Crippen molar-refractivity contribution >= 4 is 28.3 Å². The van der Waals surface area contributed by atoms with E-state index in [9.17, 15) is 4.79 Å². The zero-order chi connectivity index (χ0) is 16.2. The molecule has 116 valence electrons. The second-order valence-electron chi connectivity index (χ2n) is 5.88. The highest BCUT2D eigenvalue weighted by Gasteiger charge is 2.14. The smallest absolute Gasteiger partial charge is 0.137 e. The average molecular weight is 324 g/mol. The Morgan fingerprint density at radius 1 is 1.13 bits per heavy atom. The Bertz CT molecular complexity index is 844. The lowest BCUT2D eigenvalue weighted by Crippen LogP contribution is -2.08. The molecule has 0 aliphatic rings. The Labute approximate surface area is 141 Å². The Morgan fingerprint density at radius 3 is 2.70 bits per heavy atom. The van der Waals surface area contributed by atoms with Gasteiger partial charge >= 0.3 is 0 Å². The number of aromatic nitrogens is 1. The molecule has 1 aromatic heterocycles. The molecular formula is C20H18ClNO. The molecule has 2 aromatic carbocycles. The molecule has 3 rings (SSSR count). The number of ketones is 1. The Kier molecular flexibility index (Phi) is 4.73. The van der Waals surface area contributed by atoms with Gasteiger partial charge in [0.15, 0.2) is 0 Å². The standard InChI is InChI=1S/C20H18ClNO/c1-14(18-7-3-4-8-19(18)21)10-17(23)12-15-11-16-6-2-5-9-20(16)22-13-15/h2-9,11,13-14H,10,12H2,1H3. The van der Waals surface area contributed by atoms with Crippen LogP contribution in [0.1, 0.15) is 30.4 Å². The van der Waals surface area contributed by atoms with E-state index in [1.165, 1.54) is 0 Å². The van der Waals surface area contributed by atoms with Crippen molar-refractivity contribution in [2.45, 2.75) is 25.7 Å². The van der Waals surface area contributed by atoms with E-state index < -0.39 is 0 Å². The second-order valence-corrected chi connectivity index (χ2v) is 6.29. The van der Waals surface area contributed by atoms with E-state index in [0.717, 1.165) is 27.1 Å². The fraction of sp³-hybridized carbons (Fsp3) is 0.200. The van der Waals surface area contributed by atoms with E-state index >= 15 is 0 Å². The van der Waals surface area contributed by atoms with E-state index in [4.69, 9.17) is 11.6 Å². The number of carbonyl (C=O) groups excluding carboxylic acids is 1. The minimum absolute atomic E-state index is 0.115. The van der Waals surface area contributed by atoms with Crippen molar-refractivity contribution in [2.24, 2.45) is 0 Å². The molecule has 1 unspecified atom stereocenters. The third kappa shape index (κ3) is 3.77. The fourth-order valence-electron chi connectivity index (χ4n) is 2.84. The third-order valence-electron chi connectivity index (χ3n) is 4.02. The topological polar surface area (TPSA) is 30.0 Å². The maximum Gasteiger partial charge on any atom is 0.137 e. The van der Waals surface area contributed by atoms with Crippen LogP contribution < -0.4 is 0 Å². The van der Waals surface area contributed by atoms with Crippen molar-refractivity contribution < 1.29 is 4.79 Å². The normalized spacial score (nSPS) is 12.3. The van der Waals surface area contributed by atoms with Crippen LogP contribution >= 0.6 is 11.6 Å². The Hall–Kier alpha value is -2.19. The zero-order valence-corrected chi connectivity index (χ0v) is 13.8. The Balaban J connectivity index is 1.69. The van der Waals surface area contributed by atoms with E-state index in [1.54, 1.807) is 6.20 Å². The van der Waals surface area contributed by atoms with E-state index in [2.05, 4.69) is 4.98 Å². The van der Waals surface area contributed by atoms with Crippen LogP contribution in [-0.2, 0) is 11.2 Å². The monoisotopic (exact) mass is 323 g/mol. The number of halogens is 1. The number of pyridine rings is 1.